The fourth-order valence-corrected chi connectivity index (χ4v) is 2.90. The van der Waals surface area contributed by atoms with Crippen molar-refractivity contribution in [1.82, 2.24) is 5.32 Å². The van der Waals surface area contributed by atoms with Crippen molar-refractivity contribution in [2.75, 3.05) is 13.7 Å². The molecule has 0 aliphatic heterocycles. The van der Waals surface area contributed by atoms with Gasteiger partial charge in [-0.3, -0.25) is 10.1 Å². The van der Waals surface area contributed by atoms with Crippen molar-refractivity contribution in [3.63, 3.8) is 0 Å². The topological polar surface area (TPSA) is 115 Å². The second-order valence-corrected chi connectivity index (χ2v) is 8.00. The number of carbonyl (C=O) groups excluding carboxylic acids is 2. The van der Waals surface area contributed by atoms with Crippen LogP contribution in [-0.2, 0) is 4.74 Å². The van der Waals surface area contributed by atoms with E-state index in [9.17, 15) is 19.5 Å². The van der Waals surface area contributed by atoms with Gasteiger partial charge in [0.25, 0.3) is 0 Å². The van der Waals surface area contributed by atoms with Crippen molar-refractivity contribution in [3.05, 3.63) is 69.9 Å². The maximum absolute atomic E-state index is 11.8. The fourth-order valence-electron chi connectivity index (χ4n) is 2.90. The minimum Gasteiger partial charge on any atom is -0.507 e. The number of rotatable bonds is 11. The molecule has 0 spiro atoms. The Morgan fingerprint density at radius 1 is 1.16 bits per heavy atom. The summed E-state index contributed by atoms with van der Waals surface area (Å²) in [6.45, 7) is 12.5. The fraction of sp³-hybridized carbons (Fsp3) is 0.483. The van der Waals surface area contributed by atoms with E-state index in [-0.39, 0.29) is 23.7 Å². The molecule has 0 aliphatic carbocycles. The van der Waals surface area contributed by atoms with E-state index in [0.717, 1.165) is 18.8 Å². The normalized spacial score (nSPS) is 10.9. The highest BCUT2D eigenvalue weighted by Gasteiger charge is 2.19. The summed E-state index contributed by atoms with van der Waals surface area (Å²) < 4.78 is 15.0. The molecule has 1 atom stereocenters. The van der Waals surface area contributed by atoms with Crippen molar-refractivity contribution in [3.8, 4) is 11.5 Å². The molecule has 0 fully saturated rings. The van der Waals surface area contributed by atoms with E-state index in [4.69, 9.17) is 9.15 Å². The first-order chi connectivity index (χ1) is 17.7. The molecule has 0 bridgehead atoms. The molecule has 2 aromatic rings. The molecule has 8 heteroatoms. The summed E-state index contributed by atoms with van der Waals surface area (Å²) in [4.78, 5) is 34.2. The van der Waals surface area contributed by atoms with Gasteiger partial charge in [-0.05, 0) is 38.3 Å². The minimum absolute atomic E-state index is 0.116. The van der Waals surface area contributed by atoms with Gasteiger partial charge < -0.3 is 19.0 Å². The van der Waals surface area contributed by atoms with Crippen molar-refractivity contribution in [2.45, 2.75) is 79.6 Å². The molecule has 1 aromatic carbocycles. The van der Waals surface area contributed by atoms with E-state index < -0.39 is 17.5 Å². The Labute approximate surface area is 220 Å². The standard InChI is InChI=1S/C16H21NO6.C11H16O.C2H6/c1-4-11(18)14-12(19)9-13(23-15(14)20)10(2)7-5-6-8-17-16(21)22-3;1-3-4-9-12-11-7-5-10(2)6-8-11;1-2/h6,8-10,19H,4-5,7H2,1-3H3,(H,17,21);5-8H,3-4,9H2,1-2H3;1-2H3/b8-6+;;. The summed E-state index contributed by atoms with van der Waals surface area (Å²) in [5.74, 6) is 0.357. The highest BCUT2D eigenvalue weighted by atomic mass is 16.5. The number of alkyl carbamates (subject to hydrolysis) is 1. The number of amides is 1. The summed E-state index contributed by atoms with van der Waals surface area (Å²) in [5, 5.41) is 12.3. The molecule has 1 aromatic heterocycles. The number of hydrogen-bond donors (Lipinski definition) is 2. The van der Waals surface area contributed by atoms with E-state index in [2.05, 4.69) is 36.0 Å². The molecule has 0 saturated heterocycles. The summed E-state index contributed by atoms with van der Waals surface area (Å²) in [5.41, 5.74) is 0.157. The molecule has 206 valence electrons. The Morgan fingerprint density at radius 2 is 1.81 bits per heavy atom. The maximum atomic E-state index is 11.8. The molecule has 8 nitrogen and oxygen atoms in total. The number of allylic oxidation sites excluding steroid dienone is 1. The molecule has 2 N–H and O–H groups in total. The van der Waals surface area contributed by atoms with Gasteiger partial charge in [0.15, 0.2) is 5.78 Å². The molecule has 0 radical (unpaired) electrons. The molecule has 37 heavy (non-hydrogen) atoms. The number of ketones is 1. The van der Waals surface area contributed by atoms with Gasteiger partial charge in [0.1, 0.15) is 22.8 Å². The number of aromatic hydroxyl groups is 1. The first-order valence-electron chi connectivity index (χ1n) is 12.8. The molecular weight excluding hydrogens is 474 g/mol. The first kappa shape index (κ1) is 33.4. The molecule has 2 rings (SSSR count). The van der Waals surface area contributed by atoms with Crippen LogP contribution in [0.25, 0.3) is 0 Å². The monoisotopic (exact) mass is 517 g/mol. The SMILES string of the molecule is CC.CCC(=O)c1c(O)cc(C(C)CC/C=C/NC(=O)OC)oc1=O.CCCCOc1ccc(C)cc1. The smallest absolute Gasteiger partial charge is 0.410 e. The van der Waals surface area contributed by atoms with Crippen LogP contribution in [0.4, 0.5) is 4.79 Å². The lowest BCUT2D eigenvalue weighted by Gasteiger charge is -2.10. The Bertz CT molecular complexity index is 1010. The van der Waals surface area contributed by atoms with E-state index in [0.29, 0.717) is 18.6 Å². The number of ether oxygens (including phenoxy) is 2. The summed E-state index contributed by atoms with van der Waals surface area (Å²) >= 11 is 0. The van der Waals surface area contributed by atoms with Crippen LogP contribution in [0.1, 0.15) is 94.3 Å². The van der Waals surface area contributed by atoms with Crippen LogP contribution in [0.15, 0.2) is 51.8 Å². The number of nitrogens with one attached hydrogen (secondary N) is 1. The highest BCUT2D eigenvalue weighted by molar-refractivity contribution is 5.97. The van der Waals surface area contributed by atoms with Crippen LogP contribution in [0.2, 0.25) is 0 Å². The number of unbranched alkanes of at least 4 members (excludes halogenated alkanes) is 1. The van der Waals surface area contributed by atoms with Gasteiger partial charge in [-0.1, -0.05) is 64.8 Å². The Hall–Kier alpha value is -3.55. The van der Waals surface area contributed by atoms with Crippen LogP contribution in [0.3, 0.4) is 0 Å². The van der Waals surface area contributed by atoms with E-state index >= 15 is 0 Å². The average Bonchev–Trinajstić information content (AvgIpc) is 2.90. The average molecular weight is 518 g/mol. The Morgan fingerprint density at radius 3 is 2.35 bits per heavy atom. The Kier molecular flexibility index (Phi) is 17.7. The number of aryl methyl sites for hydroxylation is 1. The number of benzene rings is 1. The zero-order valence-corrected chi connectivity index (χ0v) is 23.3. The maximum Gasteiger partial charge on any atom is 0.410 e. The zero-order valence-electron chi connectivity index (χ0n) is 23.3. The number of carbonyl (C=O) groups is 2. The number of Topliss-reactive ketones (excluding diaryl/α,β-unsaturated/α-hetero) is 1. The minimum atomic E-state index is -0.818. The third-order valence-electron chi connectivity index (χ3n) is 5.09. The number of hydrogen-bond acceptors (Lipinski definition) is 7. The third-order valence-corrected chi connectivity index (χ3v) is 5.09. The van der Waals surface area contributed by atoms with Crippen molar-refractivity contribution in [1.29, 1.82) is 0 Å². The Balaban J connectivity index is 0.000000775. The highest BCUT2D eigenvalue weighted by Crippen LogP contribution is 2.25. The predicted molar refractivity (Wildman–Crippen MR) is 147 cm³/mol. The van der Waals surface area contributed by atoms with E-state index in [1.54, 1.807) is 13.0 Å². The number of methoxy groups -OCH3 is 1. The van der Waals surface area contributed by atoms with Crippen LogP contribution in [-0.4, -0.2) is 30.7 Å². The van der Waals surface area contributed by atoms with Crippen LogP contribution in [0, 0.1) is 6.92 Å². The molecule has 0 aliphatic rings. The molecular formula is C29H43NO7. The van der Waals surface area contributed by atoms with Gasteiger partial charge in [0.2, 0.25) is 0 Å². The summed E-state index contributed by atoms with van der Waals surface area (Å²) in [6.07, 6.45) is 6.33. The summed E-state index contributed by atoms with van der Waals surface area (Å²) in [7, 11) is 1.27. The van der Waals surface area contributed by atoms with Crippen LogP contribution < -0.4 is 15.7 Å². The lowest BCUT2D eigenvalue weighted by atomic mass is 10.0. The summed E-state index contributed by atoms with van der Waals surface area (Å²) in [6, 6.07) is 9.49. The van der Waals surface area contributed by atoms with Gasteiger partial charge >= 0.3 is 11.7 Å². The van der Waals surface area contributed by atoms with Crippen molar-refractivity contribution in [2.24, 2.45) is 0 Å². The van der Waals surface area contributed by atoms with Crippen molar-refractivity contribution >= 4 is 11.9 Å². The molecule has 0 saturated carbocycles. The predicted octanol–water partition coefficient (Wildman–Crippen LogP) is 6.89. The quantitative estimate of drug-likeness (QED) is 0.246. The molecule has 1 heterocycles. The first-order valence-corrected chi connectivity index (χ1v) is 12.8. The molecule has 1 unspecified atom stereocenters. The van der Waals surface area contributed by atoms with Gasteiger partial charge in [-0.15, -0.1) is 0 Å². The van der Waals surface area contributed by atoms with Gasteiger partial charge in [-0.2, -0.15) is 0 Å². The molecule has 1 amide bonds. The van der Waals surface area contributed by atoms with Crippen LogP contribution >= 0.6 is 0 Å². The van der Waals surface area contributed by atoms with E-state index in [1.165, 1.54) is 31.4 Å². The van der Waals surface area contributed by atoms with Gasteiger partial charge in [0, 0.05) is 24.6 Å². The van der Waals surface area contributed by atoms with E-state index in [1.807, 2.05) is 32.9 Å². The second-order valence-electron chi connectivity index (χ2n) is 8.00. The van der Waals surface area contributed by atoms with Crippen LogP contribution in [0.5, 0.6) is 11.5 Å². The van der Waals surface area contributed by atoms with Gasteiger partial charge in [-0.25, -0.2) is 9.59 Å². The largest absolute Gasteiger partial charge is 0.507 e. The second kappa shape index (κ2) is 19.6. The van der Waals surface area contributed by atoms with Gasteiger partial charge in [0.05, 0.1) is 13.7 Å². The zero-order chi connectivity index (χ0) is 28.2. The van der Waals surface area contributed by atoms with Crippen molar-refractivity contribution < 1.29 is 28.6 Å². The lowest BCUT2D eigenvalue weighted by molar-refractivity contribution is 0.0980. The lowest BCUT2D eigenvalue weighted by Crippen LogP contribution is -2.16. The third kappa shape index (κ3) is 13.4.